The second-order valence-electron chi connectivity index (χ2n) is 2.80. The Bertz CT molecular complexity index is 153. The summed E-state index contributed by atoms with van der Waals surface area (Å²) in [6.07, 6.45) is 1.26. The van der Waals surface area contributed by atoms with Crippen molar-refractivity contribution in [2.24, 2.45) is 0 Å². The smallest absolute Gasteiger partial charge is 0.264 e. The summed E-state index contributed by atoms with van der Waals surface area (Å²) < 4.78 is 5.82. The van der Waals surface area contributed by atoms with Crippen LogP contribution in [-0.4, -0.2) is 14.4 Å². The highest BCUT2D eigenvalue weighted by Crippen LogP contribution is 2.13. The Kier molecular flexibility index (Phi) is 4.86. The zero-order valence-electron chi connectivity index (χ0n) is 8.05. The van der Waals surface area contributed by atoms with Crippen molar-refractivity contribution in [2.75, 3.05) is 0 Å². The van der Waals surface area contributed by atoms with Crippen LogP contribution in [0.1, 0.15) is 20.3 Å². The first-order chi connectivity index (χ1) is 5.64. The monoisotopic (exact) mass is 182 g/mol. The molecule has 0 aromatic heterocycles. The molecule has 1 nitrogen and oxygen atoms in total. The highest BCUT2D eigenvalue weighted by molar-refractivity contribution is 6.87. The maximum absolute atomic E-state index is 5.82. The molecule has 0 saturated carbocycles. The second-order valence-corrected chi connectivity index (χ2v) is 5.97. The van der Waals surface area contributed by atoms with Gasteiger partial charge in [0.1, 0.15) is 0 Å². The molecule has 0 aromatic rings. The first kappa shape index (κ1) is 11.4. The molecule has 0 spiro atoms. The van der Waals surface area contributed by atoms with E-state index in [1.807, 2.05) is 17.1 Å². The summed E-state index contributed by atoms with van der Waals surface area (Å²) in [5.74, 6) is 0. The molecule has 0 aliphatic carbocycles. The Labute approximate surface area is 76.6 Å². The maximum Gasteiger partial charge on any atom is 0.264 e. The molecular formula is C10H18OSi. The van der Waals surface area contributed by atoms with Gasteiger partial charge in [-0.1, -0.05) is 24.0 Å². The van der Waals surface area contributed by atoms with Crippen LogP contribution in [0, 0.1) is 0 Å². The first-order valence-electron chi connectivity index (χ1n) is 4.22. The van der Waals surface area contributed by atoms with Gasteiger partial charge in [0.25, 0.3) is 8.32 Å². The maximum atomic E-state index is 5.82. The average molecular weight is 182 g/mol. The molecule has 0 N–H and O–H groups in total. The van der Waals surface area contributed by atoms with E-state index in [1.54, 1.807) is 0 Å². The summed E-state index contributed by atoms with van der Waals surface area (Å²) in [6, 6.07) is 0. The lowest BCUT2D eigenvalue weighted by Crippen LogP contribution is -2.35. The van der Waals surface area contributed by atoms with Crippen molar-refractivity contribution in [3.63, 3.8) is 0 Å². The molecular weight excluding hydrogens is 164 g/mol. The van der Waals surface area contributed by atoms with Crippen molar-refractivity contribution in [1.82, 2.24) is 0 Å². The van der Waals surface area contributed by atoms with E-state index in [2.05, 4.69) is 33.6 Å². The molecule has 0 radical (unpaired) electrons. The van der Waals surface area contributed by atoms with Crippen LogP contribution < -0.4 is 0 Å². The van der Waals surface area contributed by atoms with Crippen LogP contribution in [0.15, 0.2) is 36.8 Å². The number of rotatable bonds is 6. The zero-order chi connectivity index (χ0) is 9.61. The van der Waals surface area contributed by atoms with Gasteiger partial charge in [0, 0.05) is 6.10 Å². The number of hydrogen-bond donors (Lipinski definition) is 0. The van der Waals surface area contributed by atoms with Gasteiger partial charge in [-0.05, 0) is 13.3 Å². The van der Waals surface area contributed by atoms with E-state index in [1.165, 1.54) is 0 Å². The lowest BCUT2D eigenvalue weighted by atomic mass is 10.3. The molecule has 1 unspecified atom stereocenters. The normalized spacial score (nSPS) is 13.5. The summed E-state index contributed by atoms with van der Waals surface area (Å²) in [4.78, 5) is 0. The van der Waals surface area contributed by atoms with E-state index in [0.717, 1.165) is 6.42 Å². The van der Waals surface area contributed by atoms with Gasteiger partial charge < -0.3 is 4.43 Å². The predicted molar refractivity (Wildman–Crippen MR) is 57.2 cm³/mol. The fraction of sp³-hybridized carbons (Fsp3) is 0.400. The minimum atomic E-state index is -2.01. The highest BCUT2D eigenvalue weighted by atomic mass is 28.4. The van der Waals surface area contributed by atoms with Crippen molar-refractivity contribution in [3.05, 3.63) is 36.8 Å². The van der Waals surface area contributed by atoms with Crippen LogP contribution in [0.25, 0.3) is 0 Å². The lowest BCUT2D eigenvalue weighted by Gasteiger charge is -2.24. The SMILES string of the molecule is C=C[Si](C=C)(C=C)OC(C)CC. The third-order valence-electron chi connectivity index (χ3n) is 1.94. The van der Waals surface area contributed by atoms with Gasteiger partial charge in [-0.15, -0.1) is 19.7 Å². The molecule has 68 valence electrons. The number of hydrogen-bond acceptors (Lipinski definition) is 1. The molecule has 0 aliphatic heterocycles. The molecule has 0 saturated heterocycles. The van der Waals surface area contributed by atoms with Crippen molar-refractivity contribution in [2.45, 2.75) is 26.4 Å². The van der Waals surface area contributed by atoms with Crippen molar-refractivity contribution in [1.29, 1.82) is 0 Å². The van der Waals surface area contributed by atoms with E-state index in [9.17, 15) is 0 Å². The summed E-state index contributed by atoms with van der Waals surface area (Å²) in [5.41, 5.74) is 5.54. The van der Waals surface area contributed by atoms with Gasteiger partial charge >= 0.3 is 0 Å². The third-order valence-corrected chi connectivity index (χ3v) is 4.66. The van der Waals surface area contributed by atoms with E-state index < -0.39 is 8.32 Å². The fourth-order valence-corrected chi connectivity index (χ4v) is 2.48. The largest absolute Gasteiger partial charge is 0.403 e. The molecule has 2 heteroatoms. The van der Waals surface area contributed by atoms with Crippen LogP contribution in [0.5, 0.6) is 0 Å². The molecule has 12 heavy (non-hydrogen) atoms. The highest BCUT2D eigenvalue weighted by Gasteiger charge is 2.25. The second kappa shape index (κ2) is 5.12. The van der Waals surface area contributed by atoms with Crippen molar-refractivity contribution in [3.8, 4) is 0 Å². The minimum Gasteiger partial charge on any atom is -0.403 e. The van der Waals surface area contributed by atoms with Crippen LogP contribution in [0.4, 0.5) is 0 Å². The molecule has 0 heterocycles. The van der Waals surface area contributed by atoms with Gasteiger partial charge in [0.05, 0.1) is 0 Å². The predicted octanol–water partition coefficient (Wildman–Crippen LogP) is 2.92. The average Bonchev–Trinajstić information content (AvgIpc) is 2.14. The van der Waals surface area contributed by atoms with Crippen LogP contribution >= 0.6 is 0 Å². The zero-order valence-corrected chi connectivity index (χ0v) is 9.05. The Morgan fingerprint density at radius 3 is 1.92 bits per heavy atom. The molecule has 0 amide bonds. The van der Waals surface area contributed by atoms with Gasteiger partial charge in [0.15, 0.2) is 0 Å². The van der Waals surface area contributed by atoms with Gasteiger partial charge in [-0.2, -0.15) is 0 Å². The third kappa shape index (κ3) is 2.79. The minimum absolute atomic E-state index is 0.255. The summed E-state index contributed by atoms with van der Waals surface area (Å²) in [5, 5.41) is 0. The summed E-state index contributed by atoms with van der Waals surface area (Å²) in [7, 11) is -2.01. The van der Waals surface area contributed by atoms with E-state index in [0.29, 0.717) is 0 Å². The Hall–Kier alpha value is -0.603. The van der Waals surface area contributed by atoms with Crippen molar-refractivity contribution >= 4 is 8.32 Å². The van der Waals surface area contributed by atoms with Crippen molar-refractivity contribution < 1.29 is 4.43 Å². The quantitative estimate of drug-likeness (QED) is 0.574. The molecule has 0 bridgehead atoms. The Morgan fingerprint density at radius 2 is 1.67 bits per heavy atom. The molecule has 0 aliphatic rings. The Balaban J connectivity index is 4.39. The fourth-order valence-electron chi connectivity index (χ4n) is 0.826. The molecule has 1 atom stereocenters. The van der Waals surface area contributed by atoms with E-state index >= 15 is 0 Å². The van der Waals surface area contributed by atoms with Gasteiger partial charge in [0.2, 0.25) is 0 Å². The lowest BCUT2D eigenvalue weighted by molar-refractivity contribution is 0.217. The van der Waals surface area contributed by atoms with E-state index in [4.69, 9.17) is 4.43 Å². The molecule has 0 aromatic carbocycles. The standard InChI is InChI=1S/C10H18OSi/c1-6-10(5)11-12(7-2,8-3)9-4/h7-10H,2-4,6H2,1,5H3. The first-order valence-corrected chi connectivity index (χ1v) is 6.36. The summed E-state index contributed by atoms with van der Waals surface area (Å²) >= 11 is 0. The van der Waals surface area contributed by atoms with Crippen LogP contribution in [0.3, 0.4) is 0 Å². The Morgan fingerprint density at radius 1 is 1.25 bits per heavy atom. The molecule has 0 fully saturated rings. The van der Waals surface area contributed by atoms with Crippen LogP contribution in [0.2, 0.25) is 0 Å². The van der Waals surface area contributed by atoms with Gasteiger partial charge in [-0.3, -0.25) is 0 Å². The topological polar surface area (TPSA) is 9.23 Å². The summed E-state index contributed by atoms with van der Waals surface area (Å²) in [6.45, 7) is 15.4. The van der Waals surface area contributed by atoms with Crippen LogP contribution in [-0.2, 0) is 4.43 Å². The van der Waals surface area contributed by atoms with Gasteiger partial charge in [-0.25, -0.2) is 0 Å². The molecule has 0 rings (SSSR count). The van der Waals surface area contributed by atoms with E-state index in [-0.39, 0.29) is 6.10 Å².